The maximum Gasteiger partial charge on any atom is 0.310 e. The van der Waals surface area contributed by atoms with Crippen molar-refractivity contribution in [2.45, 2.75) is 34.1 Å². The van der Waals surface area contributed by atoms with Gasteiger partial charge in [0.15, 0.2) is 0 Å². The molecule has 3 heteroatoms. The fraction of sp³-hybridized carbons (Fsp3) is 0.471. The number of carbonyl (C=O) groups is 1. The molecule has 0 radical (unpaired) electrons. The first-order valence-corrected chi connectivity index (χ1v) is 7.03. The van der Waals surface area contributed by atoms with Gasteiger partial charge in [-0.1, -0.05) is 23.8 Å². The Kier molecular flexibility index (Phi) is 4.17. The standard InChI is InChI=1S/C17H23NO2/c1-11(2)15-9-14(17(19)20-5)10-18(15)16-12(3)7-6-8-13(16)4/h6-8,14H,9-10H2,1-5H3. The minimum Gasteiger partial charge on any atom is -0.469 e. The quantitative estimate of drug-likeness (QED) is 0.771. The van der Waals surface area contributed by atoms with Crippen LogP contribution in [-0.2, 0) is 9.53 Å². The average Bonchev–Trinajstić information content (AvgIpc) is 2.82. The Morgan fingerprint density at radius 1 is 1.25 bits per heavy atom. The second-order valence-electron chi connectivity index (χ2n) is 5.72. The summed E-state index contributed by atoms with van der Waals surface area (Å²) < 4.78 is 4.92. The number of anilines is 1. The number of allylic oxidation sites excluding steroid dienone is 2. The Labute approximate surface area is 121 Å². The normalized spacial score (nSPS) is 18.4. The first kappa shape index (κ1) is 14.6. The van der Waals surface area contributed by atoms with Gasteiger partial charge >= 0.3 is 5.97 Å². The molecule has 1 aromatic carbocycles. The van der Waals surface area contributed by atoms with E-state index in [0.29, 0.717) is 6.54 Å². The summed E-state index contributed by atoms with van der Waals surface area (Å²) in [4.78, 5) is 14.2. The van der Waals surface area contributed by atoms with Crippen molar-refractivity contribution in [2.75, 3.05) is 18.6 Å². The number of hydrogen-bond acceptors (Lipinski definition) is 3. The fourth-order valence-corrected chi connectivity index (χ4v) is 2.99. The largest absolute Gasteiger partial charge is 0.469 e. The summed E-state index contributed by atoms with van der Waals surface area (Å²) in [5, 5.41) is 0. The van der Waals surface area contributed by atoms with E-state index in [2.05, 4.69) is 50.8 Å². The van der Waals surface area contributed by atoms with Gasteiger partial charge in [0.2, 0.25) is 0 Å². The van der Waals surface area contributed by atoms with Gasteiger partial charge in [-0.25, -0.2) is 0 Å². The molecule has 1 fully saturated rings. The van der Waals surface area contributed by atoms with Gasteiger partial charge in [-0.2, -0.15) is 0 Å². The highest BCUT2D eigenvalue weighted by Crippen LogP contribution is 2.37. The number of carbonyl (C=O) groups excluding carboxylic acids is 1. The van der Waals surface area contributed by atoms with Crippen LogP contribution in [0, 0.1) is 19.8 Å². The van der Waals surface area contributed by atoms with Crippen molar-refractivity contribution in [3.63, 3.8) is 0 Å². The van der Waals surface area contributed by atoms with Gasteiger partial charge in [-0.15, -0.1) is 0 Å². The summed E-state index contributed by atoms with van der Waals surface area (Å²) in [6, 6.07) is 6.32. The van der Waals surface area contributed by atoms with E-state index >= 15 is 0 Å². The Morgan fingerprint density at radius 3 is 2.35 bits per heavy atom. The van der Waals surface area contributed by atoms with Crippen molar-refractivity contribution in [2.24, 2.45) is 5.92 Å². The fourth-order valence-electron chi connectivity index (χ4n) is 2.99. The molecule has 0 N–H and O–H groups in total. The van der Waals surface area contributed by atoms with Crippen LogP contribution >= 0.6 is 0 Å². The highest BCUT2D eigenvalue weighted by molar-refractivity contribution is 5.77. The number of rotatable bonds is 2. The minimum absolute atomic E-state index is 0.0658. The second kappa shape index (κ2) is 5.70. The maximum atomic E-state index is 11.9. The molecule has 0 bridgehead atoms. The summed E-state index contributed by atoms with van der Waals surface area (Å²) in [5.74, 6) is -0.179. The number of benzene rings is 1. The number of aryl methyl sites for hydroxylation is 2. The van der Waals surface area contributed by atoms with E-state index in [1.54, 1.807) is 0 Å². The minimum atomic E-state index is -0.113. The summed E-state index contributed by atoms with van der Waals surface area (Å²) in [5.41, 5.74) is 6.23. The lowest BCUT2D eigenvalue weighted by atomic mass is 10.1. The summed E-state index contributed by atoms with van der Waals surface area (Å²) >= 11 is 0. The van der Waals surface area contributed by atoms with Crippen LogP contribution in [0.2, 0.25) is 0 Å². The van der Waals surface area contributed by atoms with Crippen LogP contribution in [0.25, 0.3) is 0 Å². The highest BCUT2D eigenvalue weighted by atomic mass is 16.5. The Hall–Kier alpha value is -1.77. The van der Waals surface area contributed by atoms with E-state index in [0.717, 1.165) is 6.42 Å². The van der Waals surface area contributed by atoms with Gasteiger partial charge in [0.25, 0.3) is 0 Å². The zero-order valence-electron chi connectivity index (χ0n) is 13.0. The van der Waals surface area contributed by atoms with Crippen molar-refractivity contribution in [3.8, 4) is 0 Å². The van der Waals surface area contributed by atoms with Gasteiger partial charge in [-0.3, -0.25) is 4.79 Å². The van der Waals surface area contributed by atoms with Crippen LogP contribution in [0.3, 0.4) is 0 Å². The first-order valence-electron chi connectivity index (χ1n) is 7.03. The summed E-state index contributed by atoms with van der Waals surface area (Å²) in [7, 11) is 1.46. The zero-order valence-corrected chi connectivity index (χ0v) is 13.0. The third kappa shape index (κ3) is 2.58. The Balaban J connectivity index is 2.44. The number of ether oxygens (including phenoxy) is 1. The third-order valence-corrected chi connectivity index (χ3v) is 3.99. The molecule has 0 saturated carbocycles. The molecule has 0 aromatic heterocycles. The molecule has 1 aliphatic rings. The molecule has 2 rings (SSSR count). The van der Waals surface area contributed by atoms with Crippen LogP contribution in [0.1, 0.15) is 31.4 Å². The third-order valence-electron chi connectivity index (χ3n) is 3.99. The molecule has 1 heterocycles. The average molecular weight is 273 g/mol. The van der Waals surface area contributed by atoms with E-state index in [-0.39, 0.29) is 11.9 Å². The highest BCUT2D eigenvalue weighted by Gasteiger charge is 2.34. The molecule has 1 saturated heterocycles. The number of methoxy groups -OCH3 is 1. The van der Waals surface area contributed by atoms with Crippen LogP contribution in [0.4, 0.5) is 5.69 Å². The molecule has 1 aromatic rings. The van der Waals surface area contributed by atoms with Gasteiger partial charge < -0.3 is 9.64 Å². The summed E-state index contributed by atoms with van der Waals surface area (Å²) in [6.07, 6.45) is 0.767. The number of hydrogen-bond donors (Lipinski definition) is 0. The van der Waals surface area contributed by atoms with E-state index in [1.165, 1.54) is 35.2 Å². The second-order valence-corrected chi connectivity index (χ2v) is 5.72. The Bertz CT molecular complexity index is 536. The lowest BCUT2D eigenvalue weighted by molar-refractivity contribution is -0.144. The number of nitrogens with zero attached hydrogens (tertiary/aromatic N) is 1. The molecule has 0 amide bonds. The van der Waals surface area contributed by atoms with Crippen LogP contribution in [0.5, 0.6) is 0 Å². The van der Waals surface area contributed by atoms with Crippen LogP contribution in [0.15, 0.2) is 29.5 Å². The molecule has 108 valence electrons. The molecular weight excluding hydrogens is 250 g/mol. The van der Waals surface area contributed by atoms with E-state index in [1.807, 2.05) is 0 Å². The SMILES string of the molecule is COC(=O)C1CC(=C(C)C)N(c2c(C)cccc2C)C1. The predicted octanol–water partition coefficient (Wildman–Crippen LogP) is 3.60. The van der Waals surface area contributed by atoms with E-state index in [9.17, 15) is 4.79 Å². The molecule has 0 spiro atoms. The molecule has 0 aliphatic carbocycles. The van der Waals surface area contributed by atoms with Gasteiger partial charge in [0.1, 0.15) is 0 Å². The summed E-state index contributed by atoms with van der Waals surface area (Å²) in [6.45, 7) is 9.16. The molecule has 1 aliphatic heterocycles. The zero-order chi connectivity index (χ0) is 14.9. The predicted molar refractivity (Wildman–Crippen MR) is 81.8 cm³/mol. The smallest absolute Gasteiger partial charge is 0.310 e. The van der Waals surface area contributed by atoms with Crippen LogP contribution < -0.4 is 4.90 Å². The molecule has 3 nitrogen and oxygen atoms in total. The first-order chi connectivity index (χ1) is 9.45. The van der Waals surface area contributed by atoms with Crippen molar-refractivity contribution >= 4 is 11.7 Å². The lowest BCUT2D eigenvalue weighted by Gasteiger charge is -2.25. The number of para-hydroxylation sites is 1. The van der Waals surface area contributed by atoms with Gasteiger partial charge in [-0.05, 0) is 38.8 Å². The van der Waals surface area contributed by atoms with Crippen molar-refractivity contribution in [1.82, 2.24) is 0 Å². The monoisotopic (exact) mass is 273 g/mol. The Morgan fingerprint density at radius 2 is 1.85 bits per heavy atom. The van der Waals surface area contributed by atoms with E-state index < -0.39 is 0 Å². The van der Waals surface area contributed by atoms with Gasteiger partial charge in [0.05, 0.1) is 13.0 Å². The van der Waals surface area contributed by atoms with Crippen LogP contribution in [-0.4, -0.2) is 19.6 Å². The molecule has 1 unspecified atom stereocenters. The molecular formula is C17H23NO2. The topological polar surface area (TPSA) is 29.5 Å². The molecule has 20 heavy (non-hydrogen) atoms. The number of esters is 1. The maximum absolute atomic E-state index is 11.9. The van der Waals surface area contributed by atoms with Crippen molar-refractivity contribution < 1.29 is 9.53 Å². The molecule has 1 atom stereocenters. The van der Waals surface area contributed by atoms with Crippen molar-refractivity contribution in [1.29, 1.82) is 0 Å². The van der Waals surface area contributed by atoms with Gasteiger partial charge in [0, 0.05) is 24.4 Å². The lowest BCUT2D eigenvalue weighted by Crippen LogP contribution is -2.24. The van der Waals surface area contributed by atoms with E-state index in [4.69, 9.17) is 4.74 Å². The van der Waals surface area contributed by atoms with Crippen molar-refractivity contribution in [3.05, 3.63) is 40.6 Å².